The van der Waals surface area contributed by atoms with Crippen molar-refractivity contribution in [1.29, 1.82) is 0 Å². The lowest BCUT2D eigenvalue weighted by atomic mass is 9.95. The molecule has 0 amide bonds. The molecule has 0 aliphatic heterocycles. The molecule has 5 rings (SSSR count). The van der Waals surface area contributed by atoms with Crippen LogP contribution in [0, 0.1) is 0 Å². The molecule has 1 fully saturated rings. The molecule has 156 valence electrons. The molecule has 0 radical (unpaired) electrons. The molecule has 0 bridgehead atoms. The Morgan fingerprint density at radius 2 is 2.13 bits per heavy atom. The van der Waals surface area contributed by atoms with E-state index in [0.717, 1.165) is 57.1 Å². The summed E-state index contributed by atoms with van der Waals surface area (Å²) in [4.78, 5) is 21.6. The van der Waals surface area contributed by atoms with Gasteiger partial charge in [0.1, 0.15) is 11.4 Å². The number of aromatic nitrogens is 4. The number of alkyl halides is 1. The first kappa shape index (κ1) is 20.1. The summed E-state index contributed by atoms with van der Waals surface area (Å²) >= 11 is 6.16. The van der Waals surface area contributed by atoms with E-state index >= 15 is 0 Å². The molecule has 1 aliphatic rings. The molecule has 0 saturated heterocycles. The Morgan fingerprint density at radius 3 is 2.93 bits per heavy atom. The molecular formula is C22H22BrIN4O2. The van der Waals surface area contributed by atoms with Crippen LogP contribution in [0.15, 0.2) is 45.9 Å². The monoisotopic (exact) mass is 580 g/mol. The van der Waals surface area contributed by atoms with Crippen LogP contribution in [0.25, 0.3) is 22.1 Å². The first-order valence-electron chi connectivity index (χ1n) is 10.1. The third-order valence-corrected chi connectivity index (χ3v) is 8.29. The Bertz CT molecular complexity index is 1290. The van der Waals surface area contributed by atoms with Gasteiger partial charge in [0.25, 0.3) is 0 Å². The molecule has 0 unspecified atom stereocenters. The third-order valence-electron chi connectivity index (χ3n) is 6.07. The molecule has 30 heavy (non-hydrogen) atoms. The summed E-state index contributed by atoms with van der Waals surface area (Å²) in [6, 6.07) is 8.07. The quantitative estimate of drug-likeness (QED) is 0.259. The molecule has 1 aromatic carbocycles. The topological polar surface area (TPSA) is 64.8 Å². The van der Waals surface area contributed by atoms with Crippen LogP contribution in [0.4, 0.5) is 0 Å². The highest BCUT2D eigenvalue weighted by Crippen LogP contribution is 2.37. The fourth-order valence-electron chi connectivity index (χ4n) is 4.55. The molecule has 8 heteroatoms. The number of hydrogen-bond donors (Lipinski definition) is 1. The minimum atomic E-state index is 0.0313. The van der Waals surface area contributed by atoms with Crippen LogP contribution in [0.3, 0.4) is 0 Å². The number of aromatic amines is 1. The maximum absolute atomic E-state index is 13.8. The summed E-state index contributed by atoms with van der Waals surface area (Å²) < 4.78 is 10.7. The molecule has 0 spiro atoms. The van der Waals surface area contributed by atoms with Gasteiger partial charge < -0.3 is 9.72 Å². The number of imidazole rings is 1. The molecular weight excluding hydrogens is 559 g/mol. The molecule has 3 aromatic heterocycles. The van der Waals surface area contributed by atoms with Crippen molar-refractivity contribution in [2.24, 2.45) is 0 Å². The normalized spacial score (nSPS) is 19.6. The minimum Gasteiger partial charge on any atom is -0.497 e. The summed E-state index contributed by atoms with van der Waals surface area (Å²) in [7, 11) is 1.65. The zero-order valence-electron chi connectivity index (χ0n) is 16.6. The van der Waals surface area contributed by atoms with E-state index in [9.17, 15) is 4.79 Å². The minimum absolute atomic E-state index is 0.0313. The van der Waals surface area contributed by atoms with E-state index in [-0.39, 0.29) is 11.7 Å². The predicted molar refractivity (Wildman–Crippen MR) is 131 cm³/mol. The van der Waals surface area contributed by atoms with Crippen molar-refractivity contribution in [1.82, 2.24) is 19.1 Å². The number of halogens is 2. The average molecular weight is 581 g/mol. The number of ether oxygens (including phenoxy) is 1. The van der Waals surface area contributed by atoms with Crippen molar-refractivity contribution >= 4 is 60.6 Å². The SMILES string of the molecule is COc1ccc(Br)c(Cn2c(=O)n([C@H]3CCCC[C@H]3I)c3c4cc[nH]c4ncc32)c1. The van der Waals surface area contributed by atoms with Crippen molar-refractivity contribution < 1.29 is 4.74 Å². The van der Waals surface area contributed by atoms with Gasteiger partial charge >= 0.3 is 5.69 Å². The van der Waals surface area contributed by atoms with Gasteiger partial charge in [0.05, 0.1) is 36.9 Å². The third kappa shape index (κ3) is 3.28. The summed E-state index contributed by atoms with van der Waals surface area (Å²) in [6.45, 7) is 0.455. The average Bonchev–Trinajstić information content (AvgIpc) is 3.33. The highest BCUT2D eigenvalue weighted by atomic mass is 127. The largest absolute Gasteiger partial charge is 0.497 e. The van der Waals surface area contributed by atoms with Crippen molar-refractivity contribution in [3.63, 3.8) is 0 Å². The second-order valence-corrected chi connectivity index (χ2v) is 10.3. The maximum Gasteiger partial charge on any atom is 0.329 e. The number of H-pyrrole nitrogens is 1. The lowest BCUT2D eigenvalue weighted by Gasteiger charge is -2.28. The van der Waals surface area contributed by atoms with Crippen LogP contribution in [0.2, 0.25) is 0 Å². The number of fused-ring (bicyclic) bond motifs is 3. The first-order chi connectivity index (χ1) is 14.6. The summed E-state index contributed by atoms with van der Waals surface area (Å²) in [5.74, 6) is 0.774. The Balaban J connectivity index is 1.75. The van der Waals surface area contributed by atoms with E-state index in [4.69, 9.17) is 4.74 Å². The number of benzene rings is 1. The molecule has 1 aliphatic carbocycles. The zero-order valence-corrected chi connectivity index (χ0v) is 20.3. The number of pyridine rings is 1. The highest BCUT2D eigenvalue weighted by Gasteiger charge is 2.29. The van der Waals surface area contributed by atoms with Gasteiger partial charge in [-0.15, -0.1) is 0 Å². The number of nitrogens with zero attached hydrogens (tertiary/aromatic N) is 3. The van der Waals surface area contributed by atoms with Crippen molar-refractivity contribution in [2.45, 2.75) is 42.2 Å². The van der Waals surface area contributed by atoms with Gasteiger partial charge in [-0.05, 0) is 42.7 Å². The second kappa shape index (κ2) is 8.03. The fourth-order valence-corrected chi connectivity index (χ4v) is 6.04. The van der Waals surface area contributed by atoms with Gasteiger partial charge in [0.2, 0.25) is 0 Å². The van der Waals surface area contributed by atoms with Crippen LogP contribution < -0.4 is 10.4 Å². The number of rotatable bonds is 4. The van der Waals surface area contributed by atoms with E-state index in [0.29, 0.717) is 10.5 Å². The highest BCUT2D eigenvalue weighted by molar-refractivity contribution is 14.1. The van der Waals surface area contributed by atoms with Crippen LogP contribution in [-0.2, 0) is 6.54 Å². The van der Waals surface area contributed by atoms with Crippen molar-refractivity contribution in [3.05, 3.63) is 57.2 Å². The molecule has 6 nitrogen and oxygen atoms in total. The number of nitrogens with one attached hydrogen (secondary N) is 1. The molecule has 1 N–H and O–H groups in total. The smallest absolute Gasteiger partial charge is 0.329 e. The van der Waals surface area contributed by atoms with E-state index in [1.165, 1.54) is 6.42 Å². The zero-order chi connectivity index (χ0) is 20.8. The first-order valence-corrected chi connectivity index (χ1v) is 12.2. The lowest BCUT2D eigenvalue weighted by Crippen LogP contribution is -2.33. The Morgan fingerprint density at radius 1 is 1.30 bits per heavy atom. The Kier molecular flexibility index (Phi) is 5.38. The number of methoxy groups -OCH3 is 1. The van der Waals surface area contributed by atoms with E-state index < -0.39 is 0 Å². The molecule has 1 saturated carbocycles. The Labute approximate surface area is 195 Å². The summed E-state index contributed by atoms with van der Waals surface area (Å²) in [5, 5.41) is 1.00. The van der Waals surface area contributed by atoms with Gasteiger partial charge in [0, 0.05) is 20.0 Å². The van der Waals surface area contributed by atoms with Gasteiger partial charge in [-0.3, -0.25) is 9.13 Å². The molecule has 2 atom stereocenters. The fraction of sp³-hybridized carbons (Fsp3) is 0.364. The van der Waals surface area contributed by atoms with E-state index in [1.54, 1.807) is 7.11 Å². The van der Waals surface area contributed by atoms with Gasteiger partial charge in [-0.25, -0.2) is 9.78 Å². The van der Waals surface area contributed by atoms with Gasteiger partial charge in [-0.2, -0.15) is 0 Å². The van der Waals surface area contributed by atoms with Crippen molar-refractivity contribution in [3.8, 4) is 5.75 Å². The van der Waals surface area contributed by atoms with E-state index in [2.05, 4.69) is 48.5 Å². The van der Waals surface area contributed by atoms with Gasteiger partial charge in [-0.1, -0.05) is 51.4 Å². The van der Waals surface area contributed by atoms with Gasteiger partial charge in [0.15, 0.2) is 0 Å². The predicted octanol–water partition coefficient (Wildman–Crippen LogP) is 5.42. The van der Waals surface area contributed by atoms with E-state index in [1.807, 2.05) is 45.8 Å². The molecule has 4 aromatic rings. The Hall–Kier alpha value is -1.81. The van der Waals surface area contributed by atoms with Crippen LogP contribution >= 0.6 is 38.5 Å². The lowest BCUT2D eigenvalue weighted by molar-refractivity contribution is 0.371. The van der Waals surface area contributed by atoms with Crippen molar-refractivity contribution in [2.75, 3.05) is 7.11 Å². The summed E-state index contributed by atoms with van der Waals surface area (Å²) in [6.07, 6.45) is 8.29. The second-order valence-electron chi connectivity index (χ2n) is 7.80. The summed E-state index contributed by atoms with van der Waals surface area (Å²) in [5.41, 5.74) is 3.70. The van der Waals surface area contributed by atoms with Crippen LogP contribution in [0.1, 0.15) is 37.3 Å². The standard InChI is InChI=1S/C22H22BrIN4O2/c1-30-14-6-7-16(23)13(10-14)12-27-19-11-26-21-15(8-9-25-21)20(19)28(22(27)29)18-5-3-2-4-17(18)24/h6-11,17-18H,2-5,12H2,1H3,(H,25,26)/t17-,18+/m1/s1. The van der Waals surface area contributed by atoms with Crippen LogP contribution in [-0.4, -0.2) is 30.1 Å². The van der Waals surface area contributed by atoms with Crippen LogP contribution in [0.5, 0.6) is 5.75 Å². The number of hydrogen-bond acceptors (Lipinski definition) is 3. The molecule has 3 heterocycles. The maximum atomic E-state index is 13.8.